The zero-order valence-corrected chi connectivity index (χ0v) is 10.8. The fourth-order valence-electron chi connectivity index (χ4n) is 0.677. The van der Waals surface area contributed by atoms with Crippen molar-refractivity contribution in [2.45, 2.75) is 46.0 Å². The van der Waals surface area contributed by atoms with Crippen LogP contribution < -0.4 is 0 Å². The first-order valence-electron chi connectivity index (χ1n) is 3.79. The van der Waals surface area contributed by atoms with Crippen molar-refractivity contribution in [3.63, 3.8) is 0 Å². The van der Waals surface area contributed by atoms with Crippen molar-refractivity contribution in [1.82, 2.24) is 0 Å². The van der Waals surface area contributed by atoms with E-state index in [0.717, 1.165) is 0 Å². The number of hydrogen-bond donors (Lipinski definition) is 0. The van der Waals surface area contributed by atoms with Crippen molar-refractivity contribution >= 4 is 17.0 Å². The van der Waals surface area contributed by atoms with Gasteiger partial charge in [-0.1, -0.05) is 46.0 Å². The van der Waals surface area contributed by atoms with Crippen LogP contribution in [0, 0.1) is 0 Å². The number of unbranched alkanes of at least 4 members (excludes halogenated alkanes) is 4. The maximum atomic E-state index is 4.93. The second-order valence-corrected chi connectivity index (χ2v) is 5.86. The molecule has 0 fully saturated rings. The van der Waals surface area contributed by atoms with Crippen LogP contribution in [-0.2, 0) is 20.8 Å². The van der Waals surface area contributed by atoms with Crippen LogP contribution in [0.15, 0.2) is 0 Å². The van der Waals surface area contributed by atoms with E-state index in [4.69, 9.17) is 17.0 Å². The normalized spacial score (nSPS) is 8.00. The average Bonchev–Trinajstić information content (AvgIpc) is 1.91. The third-order valence-electron chi connectivity index (χ3n) is 1.21. The van der Waals surface area contributed by atoms with E-state index in [9.17, 15) is 0 Å². The van der Waals surface area contributed by atoms with E-state index in [-0.39, 0.29) is 0 Å². The van der Waals surface area contributed by atoms with Crippen molar-refractivity contribution in [1.29, 1.82) is 0 Å². The van der Waals surface area contributed by atoms with E-state index in [0.29, 0.717) is 0 Å². The van der Waals surface area contributed by atoms with Gasteiger partial charge in [0, 0.05) is 0 Å². The SMILES string of the molecule is CCCCCCC.[Cl][Zr][Cl]. The molecule has 0 aliphatic heterocycles. The summed E-state index contributed by atoms with van der Waals surface area (Å²) in [5, 5.41) is 0. The molecule has 3 heteroatoms. The van der Waals surface area contributed by atoms with E-state index >= 15 is 0 Å². The Morgan fingerprint density at radius 1 is 0.900 bits per heavy atom. The van der Waals surface area contributed by atoms with Crippen LogP contribution >= 0.6 is 17.0 Å². The Morgan fingerprint density at radius 3 is 1.40 bits per heavy atom. The van der Waals surface area contributed by atoms with Crippen molar-refractivity contribution in [3.05, 3.63) is 0 Å². The maximum absolute atomic E-state index is 4.93. The van der Waals surface area contributed by atoms with Gasteiger partial charge in [0.15, 0.2) is 0 Å². The topological polar surface area (TPSA) is 0 Å². The molecule has 0 aliphatic rings. The number of rotatable bonds is 4. The monoisotopic (exact) mass is 260 g/mol. The standard InChI is InChI=1S/C7H16.2ClH.Zr/c1-3-5-7-6-4-2;;;/h3-7H2,1-2H3;2*1H;/q;;;+2/p-2. The second-order valence-electron chi connectivity index (χ2n) is 2.13. The molecule has 0 heterocycles. The molecule has 0 N–H and O–H groups in total. The quantitative estimate of drug-likeness (QED) is 0.661. The molecule has 0 radical (unpaired) electrons. The summed E-state index contributed by atoms with van der Waals surface area (Å²) < 4.78 is 0. The van der Waals surface area contributed by atoms with Crippen molar-refractivity contribution in [2.24, 2.45) is 0 Å². The molecule has 0 rings (SSSR count). The Morgan fingerprint density at radius 2 is 1.20 bits per heavy atom. The summed E-state index contributed by atoms with van der Waals surface area (Å²) in [4.78, 5) is 0. The van der Waals surface area contributed by atoms with E-state index < -0.39 is 20.8 Å². The summed E-state index contributed by atoms with van der Waals surface area (Å²) in [5.41, 5.74) is 0. The Bertz CT molecular complexity index is 38.6. The Balaban J connectivity index is 0. The van der Waals surface area contributed by atoms with Crippen LogP contribution in [0.3, 0.4) is 0 Å². The first-order chi connectivity index (χ1) is 4.83. The minimum absolute atomic E-state index is 0.826. The molecule has 0 spiro atoms. The molecule has 0 aromatic carbocycles. The van der Waals surface area contributed by atoms with Crippen LogP contribution in [0.4, 0.5) is 0 Å². The van der Waals surface area contributed by atoms with E-state index in [1.165, 1.54) is 32.1 Å². The fraction of sp³-hybridized carbons (Fsp3) is 1.00. The summed E-state index contributed by atoms with van der Waals surface area (Å²) in [5.74, 6) is 0. The van der Waals surface area contributed by atoms with Crippen molar-refractivity contribution in [3.8, 4) is 0 Å². The first kappa shape index (κ1) is 14.0. The van der Waals surface area contributed by atoms with Crippen LogP contribution in [0.5, 0.6) is 0 Å². The van der Waals surface area contributed by atoms with Gasteiger partial charge >= 0.3 is 37.9 Å². The van der Waals surface area contributed by atoms with E-state index in [1.807, 2.05) is 0 Å². The summed E-state index contributed by atoms with van der Waals surface area (Å²) >= 11 is -0.826. The van der Waals surface area contributed by atoms with Crippen molar-refractivity contribution < 1.29 is 20.8 Å². The molecule has 0 nitrogen and oxygen atoms in total. The summed E-state index contributed by atoms with van der Waals surface area (Å²) in [6, 6.07) is 0. The molecule has 0 bridgehead atoms. The van der Waals surface area contributed by atoms with Gasteiger partial charge in [0.1, 0.15) is 0 Å². The Kier molecular flexibility index (Phi) is 23.6. The minimum atomic E-state index is -0.826. The molecule has 0 saturated carbocycles. The number of halogens is 2. The summed E-state index contributed by atoms with van der Waals surface area (Å²) in [6.07, 6.45) is 7.01. The molecule has 62 valence electrons. The van der Waals surface area contributed by atoms with Gasteiger partial charge in [-0.25, -0.2) is 0 Å². The van der Waals surface area contributed by atoms with Gasteiger partial charge in [0.05, 0.1) is 0 Å². The van der Waals surface area contributed by atoms with Crippen LogP contribution in [0.1, 0.15) is 46.0 Å². The average molecular weight is 262 g/mol. The van der Waals surface area contributed by atoms with Gasteiger partial charge in [0.25, 0.3) is 0 Å². The molecule has 0 amide bonds. The van der Waals surface area contributed by atoms with E-state index in [1.54, 1.807) is 0 Å². The zero-order chi connectivity index (χ0) is 8.24. The molecule has 0 aromatic rings. The van der Waals surface area contributed by atoms with Crippen LogP contribution in [0.25, 0.3) is 0 Å². The zero-order valence-electron chi connectivity index (χ0n) is 6.79. The molecule has 0 atom stereocenters. The first-order valence-corrected chi connectivity index (χ1v) is 10.1. The van der Waals surface area contributed by atoms with Crippen LogP contribution in [0.2, 0.25) is 0 Å². The fourth-order valence-corrected chi connectivity index (χ4v) is 0.677. The third kappa shape index (κ3) is 22.7. The molecule has 0 aliphatic carbocycles. The molecular formula is C7H16Cl2Zr. The molecule has 0 unspecified atom stereocenters. The predicted molar refractivity (Wildman–Crippen MR) is 46.1 cm³/mol. The summed E-state index contributed by atoms with van der Waals surface area (Å²) in [6.45, 7) is 4.49. The van der Waals surface area contributed by atoms with Gasteiger partial charge < -0.3 is 0 Å². The summed E-state index contributed by atoms with van der Waals surface area (Å²) in [7, 11) is 9.87. The molecule has 0 saturated heterocycles. The van der Waals surface area contributed by atoms with Gasteiger partial charge in [-0.3, -0.25) is 0 Å². The predicted octanol–water partition coefficient (Wildman–Crippen LogP) is 4.35. The van der Waals surface area contributed by atoms with Crippen molar-refractivity contribution in [2.75, 3.05) is 0 Å². The van der Waals surface area contributed by atoms with Gasteiger partial charge in [-0.15, -0.1) is 0 Å². The Labute approximate surface area is 83.3 Å². The van der Waals surface area contributed by atoms with E-state index in [2.05, 4.69) is 13.8 Å². The molecule has 10 heavy (non-hydrogen) atoms. The molecular weight excluding hydrogens is 246 g/mol. The molecule has 0 aromatic heterocycles. The van der Waals surface area contributed by atoms with Gasteiger partial charge in [0.2, 0.25) is 0 Å². The third-order valence-corrected chi connectivity index (χ3v) is 1.21. The van der Waals surface area contributed by atoms with Gasteiger partial charge in [-0.05, 0) is 0 Å². The number of hydrogen-bond acceptors (Lipinski definition) is 0. The second kappa shape index (κ2) is 16.8. The van der Waals surface area contributed by atoms with Crippen LogP contribution in [-0.4, -0.2) is 0 Å². The van der Waals surface area contributed by atoms with Gasteiger partial charge in [-0.2, -0.15) is 0 Å². The Hall–Kier alpha value is 1.46.